The van der Waals surface area contributed by atoms with Crippen LogP contribution in [0.2, 0.25) is 0 Å². The zero-order valence-corrected chi connectivity index (χ0v) is 11.4. The fourth-order valence-electron chi connectivity index (χ4n) is 1.97. The predicted octanol–water partition coefficient (Wildman–Crippen LogP) is 3.04. The fraction of sp³-hybridized carbons (Fsp3) is 0.571. The van der Waals surface area contributed by atoms with Crippen LogP contribution in [0, 0.1) is 5.92 Å². The van der Waals surface area contributed by atoms with E-state index in [9.17, 15) is 4.79 Å². The van der Waals surface area contributed by atoms with E-state index in [2.05, 4.69) is 30.7 Å². The number of rotatable bonds is 7. The molecule has 1 N–H and O–H groups in total. The van der Waals surface area contributed by atoms with E-state index >= 15 is 0 Å². The summed E-state index contributed by atoms with van der Waals surface area (Å²) < 4.78 is 0. The van der Waals surface area contributed by atoms with E-state index in [1.54, 1.807) is 12.3 Å². The molecule has 1 rings (SSSR count). The van der Waals surface area contributed by atoms with E-state index in [-0.39, 0.29) is 0 Å². The summed E-state index contributed by atoms with van der Waals surface area (Å²) in [5.74, 6) is 0.474. The van der Waals surface area contributed by atoms with Gasteiger partial charge in [0.15, 0.2) is 0 Å². The molecule has 0 bridgehead atoms. The van der Waals surface area contributed by atoms with Crippen LogP contribution in [-0.2, 0) is 0 Å². The van der Waals surface area contributed by atoms with Gasteiger partial charge in [-0.2, -0.15) is 0 Å². The SMILES string of the molecule is CCC(CC)CN(CC)c1cc(C(=O)O)ccn1. The normalized spacial score (nSPS) is 10.7. The second-order valence-electron chi connectivity index (χ2n) is 4.43. The largest absolute Gasteiger partial charge is 0.478 e. The topological polar surface area (TPSA) is 53.4 Å². The van der Waals surface area contributed by atoms with Crippen LogP contribution >= 0.6 is 0 Å². The van der Waals surface area contributed by atoms with Crippen molar-refractivity contribution in [2.75, 3.05) is 18.0 Å². The van der Waals surface area contributed by atoms with Crippen molar-refractivity contribution < 1.29 is 9.90 Å². The molecule has 18 heavy (non-hydrogen) atoms. The molecule has 0 unspecified atom stereocenters. The van der Waals surface area contributed by atoms with Crippen molar-refractivity contribution in [2.45, 2.75) is 33.6 Å². The predicted molar refractivity (Wildman–Crippen MR) is 73.2 cm³/mol. The third kappa shape index (κ3) is 3.72. The smallest absolute Gasteiger partial charge is 0.335 e. The monoisotopic (exact) mass is 250 g/mol. The van der Waals surface area contributed by atoms with Crippen molar-refractivity contribution in [3.63, 3.8) is 0 Å². The number of hydrogen-bond acceptors (Lipinski definition) is 3. The summed E-state index contributed by atoms with van der Waals surface area (Å²) in [5.41, 5.74) is 0.294. The number of carbonyl (C=O) groups is 1. The maximum absolute atomic E-state index is 11.0. The molecule has 0 saturated heterocycles. The molecule has 0 aliphatic carbocycles. The summed E-state index contributed by atoms with van der Waals surface area (Å²) in [7, 11) is 0. The number of hydrogen-bond donors (Lipinski definition) is 1. The second-order valence-corrected chi connectivity index (χ2v) is 4.43. The highest BCUT2D eigenvalue weighted by Crippen LogP contribution is 2.17. The minimum absolute atomic E-state index is 0.294. The lowest BCUT2D eigenvalue weighted by molar-refractivity contribution is 0.0697. The first-order chi connectivity index (χ1) is 8.62. The number of nitrogens with zero attached hydrogens (tertiary/aromatic N) is 2. The van der Waals surface area contributed by atoms with Crippen LogP contribution in [0.5, 0.6) is 0 Å². The molecule has 0 radical (unpaired) electrons. The van der Waals surface area contributed by atoms with Crippen molar-refractivity contribution in [1.82, 2.24) is 4.98 Å². The summed E-state index contributed by atoms with van der Waals surface area (Å²) in [6.45, 7) is 8.20. The van der Waals surface area contributed by atoms with Crippen LogP contribution in [0.4, 0.5) is 5.82 Å². The highest BCUT2D eigenvalue weighted by Gasteiger charge is 2.13. The molecule has 1 aromatic rings. The van der Waals surface area contributed by atoms with Crippen molar-refractivity contribution in [3.8, 4) is 0 Å². The number of carboxylic acids is 1. The number of aromatic nitrogens is 1. The third-order valence-electron chi connectivity index (χ3n) is 3.33. The van der Waals surface area contributed by atoms with Gasteiger partial charge >= 0.3 is 5.97 Å². The Morgan fingerprint density at radius 2 is 2.06 bits per heavy atom. The van der Waals surface area contributed by atoms with Crippen molar-refractivity contribution in [1.29, 1.82) is 0 Å². The average Bonchev–Trinajstić information content (AvgIpc) is 2.40. The summed E-state index contributed by atoms with van der Waals surface area (Å²) in [4.78, 5) is 17.4. The van der Waals surface area contributed by atoms with Crippen LogP contribution in [0.25, 0.3) is 0 Å². The zero-order valence-electron chi connectivity index (χ0n) is 11.4. The van der Waals surface area contributed by atoms with Gasteiger partial charge in [0.1, 0.15) is 5.82 Å². The molecule has 4 heteroatoms. The Bertz CT molecular complexity index is 389. The fourth-order valence-corrected chi connectivity index (χ4v) is 1.97. The zero-order chi connectivity index (χ0) is 13.5. The molecular formula is C14H22N2O2. The van der Waals surface area contributed by atoms with Gasteiger partial charge in [-0.3, -0.25) is 0 Å². The number of aromatic carboxylic acids is 1. The first-order valence-electron chi connectivity index (χ1n) is 6.56. The van der Waals surface area contributed by atoms with Crippen LogP contribution in [0.1, 0.15) is 44.0 Å². The van der Waals surface area contributed by atoms with Crippen molar-refractivity contribution in [2.24, 2.45) is 5.92 Å². The number of anilines is 1. The van der Waals surface area contributed by atoms with E-state index in [1.807, 2.05) is 0 Å². The Kier molecular flexibility index (Phi) is 5.62. The molecule has 0 amide bonds. The highest BCUT2D eigenvalue weighted by molar-refractivity contribution is 5.88. The van der Waals surface area contributed by atoms with Gasteiger partial charge in [0.25, 0.3) is 0 Å². The lowest BCUT2D eigenvalue weighted by atomic mass is 10.0. The summed E-state index contributed by atoms with van der Waals surface area (Å²) >= 11 is 0. The Morgan fingerprint density at radius 1 is 1.39 bits per heavy atom. The molecule has 1 heterocycles. The van der Waals surface area contributed by atoms with E-state index in [4.69, 9.17) is 5.11 Å². The molecule has 100 valence electrons. The standard InChI is InChI=1S/C14H22N2O2/c1-4-11(5-2)10-16(6-3)13-9-12(14(17)18)7-8-15-13/h7-9,11H,4-6,10H2,1-3H3,(H,17,18). The van der Waals surface area contributed by atoms with Gasteiger partial charge < -0.3 is 10.0 Å². The van der Waals surface area contributed by atoms with E-state index in [1.165, 1.54) is 6.07 Å². The van der Waals surface area contributed by atoms with Crippen LogP contribution < -0.4 is 4.90 Å². The van der Waals surface area contributed by atoms with E-state index in [0.717, 1.165) is 31.7 Å². The van der Waals surface area contributed by atoms with Gasteiger partial charge in [-0.25, -0.2) is 9.78 Å². The van der Waals surface area contributed by atoms with Crippen molar-refractivity contribution in [3.05, 3.63) is 23.9 Å². The molecule has 0 aliphatic heterocycles. The molecule has 0 fully saturated rings. The van der Waals surface area contributed by atoms with E-state index in [0.29, 0.717) is 11.5 Å². The first-order valence-corrected chi connectivity index (χ1v) is 6.56. The molecule has 0 saturated carbocycles. The molecule has 0 spiro atoms. The Balaban J connectivity index is 2.87. The van der Waals surface area contributed by atoms with Gasteiger partial charge in [-0.15, -0.1) is 0 Å². The minimum atomic E-state index is -0.905. The molecule has 0 aromatic carbocycles. The Morgan fingerprint density at radius 3 is 2.56 bits per heavy atom. The molecule has 0 atom stereocenters. The van der Waals surface area contributed by atoms with Gasteiger partial charge in [0.05, 0.1) is 5.56 Å². The quantitative estimate of drug-likeness (QED) is 0.808. The molecule has 4 nitrogen and oxygen atoms in total. The lowest BCUT2D eigenvalue weighted by Crippen LogP contribution is -2.29. The summed E-state index contributed by atoms with van der Waals surface area (Å²) in [6, 6.07) is 3.17. The second kappa shape index (κ2) is 6.99. The minimum Gasteiger partial charge on any atom is -0.478 e. The van der Waals surface area contributed by atoms with Crippen LogP contribution in [-0.4, -0.2) is 29.1 Å². The van der Waals surface area contributed by atoms with Gasteiger partial charge in [-0.05, 0) is 25.0 Å². The van der Waals surface area contributed by atoms with Gasteiger partial charge in [0, 0.05) is 19.3 Å². The van der Waals surface area contributed by atoms with Crippen LogP contribution in [0.3, 0.4) is 0 Å². The molecule has 0 aliphatic rings. The highest BCUT2D eigenvalue weighted by atomic mass is 16.4. The first kappa shape index (κ1) is 14.5. The average molecular weight is 250 g/mol. The Labute approximate surface area is 109 Å². The molecule has 1 aromatic heterocycles. The Hall–Kier alpha value is -1.58. The molecular weight excluding hydrogens is 228 g/mol. The van der Waals surface area contributed by atoms with Crippen molar-refractivity contribution >= 4 is 11.8 Å². The van der Waals surface area contributed by atoms with Gasteiger partial charge in [-0.1, -0.05) is 26.7 Å². The summed E-state index contributed by atoms with van der Waals surface area (Å²) in [6.07, 6.45) is 3.82. The van der Waals surface area contributed by atoms with Crippen LogP contribution in [0.15, 0.2) is 18.3 Å². The number of pyridine rings is 1. The third-order valence-corrected chi connectivity index (χ3v) is 3.33. The maximum Gasteiger partial charge on any atom is 0.335 e. The van der Waals surface area contributed by atoms with E-state index < -0.39 is 5.97 Å². The number of carboxylic acid groups (broad SMARTS) is 1. The lowest BCUT2D eigenvalue weighted by Gasteiger charge is -2.26. The van der Waals surface area contributed by atoms with Gasteiger partial charge in [0.2, 0.25) is 0 Å². The summed E-state index contributed by atoms with van der Waals surface area (Å²) in [5, 5.41) is 8.99. The maximum atomic E-state index is 11.0.